The van der Waals surface area contributed by atoms with Crippen molar-refractivity contribution >= 4 is 45.8 Å². The van der Waals surface area contributed by atoms with Crippen LogP contribution in [0.1, 0.15) is 38.8 Å². The maximum absolute atomic E-state index is 12.6. The predicted molar refractivity (Wildman–Crippen MR) is 118 cm³/mol. The Morgan fingerprint density at radius 2 is 1.94 bits per heavy atom. The minimum Gasteiger partial charge on any atom is -0.462 e. The molecule has 1 heterocycles. The van der Waals surface area contributed by atoms with Gasteiger partial charge in [-0.15, -0.1) is 10.2 Å². The molecular weight excluding hydrogens is 454 g/mol. The molecule has 1 aromatic heterocycles. The Hall–Kier alpha value is -3.82. The zero-order valence-electron chi connectivity index (χ0n) is 16.6. The van der Waals surface area contributed by atoms with Gasteiger partial charge in [0, 0.05) is 23.4 Å². The van der Waals surface area contributed by atoms with Gasteiger partial charge in [0.1, 0.15) is 0 Å². The molecule has 12 heteroatoms. The van der Waals surface area contributed by atoms with E-state index in [1.54, 1.807) is 19.1 Å². The van der Waals surface area contributed by atoms with Crippen molar-refractivity contribution in [2.24, 2.45) is 0 Å². The smallest absolute Gasteiger partial charge is 0.338 e. The van der Waals surface area contributed by atoms with Gasteiger partial charge in [0.2, 0.25) is 5.13 Å². The third kappa shape index (κ3) is 5.87. The lowest BCUT2D eigenvalue weighted by Crippen LogP contribution is -2.14. The first-order valence-corrected chi connectivity index (χ1v) is 10.9. The molecule has 0 aliphatic rings. The lowest BCUT2D eigenvalue weighted by molar-refractivity contribution is -0.384. The van der Waals surface area contributed by atoms with Crippen LogP contribution in [0.15, 0.2) is 46.8 Å². The Bertz CT molecular complexity index is 1200. The van der Waals surface area contributed by atoms with Crippen molar-refractivity contribution in [1.82, 2.24) is 10.2 Å². The fraction of sp³-hybridized carbons (Fsp3) is 0.150. The molecule has 1 amide bonds. The number of rotatable bonds is 8. The maximum Gasteiger partial charge on any atom is 0.338 e. The number of anilines is 1. The number of esters is 1. The summed E-state index contributed by atoms with van der Waals surface area (Å²) in [6.07, 6.45) is 0. The van der Waals surface area contributed by atoms with Crippen LogP contribution in [0.5, 0.6) is 0 Å². The summed E-state index contributed by atoms with van der Waals surface area (Å²) in [5.41, 5.74) is 0.993. The van der Waals surface area contributed by atoms with Crippen molar-refractivity contribution in [2.45, 2.75) is 17.0 Å². The van der Waals surface area contributed by atoms with Crippen molar-refractivity contribution in [3.8, 4) is 6.07 Å². The number of nitrogens with one attached hydrogen (secondary N) is 1. The zero-order valence-corrected chi connectivity index (χ0v) is 18.2. The molecule has 32 heavy (non-hydrogen) atoms. The van der Waals surface area contributed by atoms with Crippen LogP contribution in [0, 0.1) is 21.4 Å². The van der Waals surface area contributed by atoms with Crippen molar-refractivity contribution in [3.05, 3.63) is 74.8 Å². The van der Waals surface area contributed by atoms with Crippen LogP contribution in [0.4, 0.5) is 10.8 Å². The van der Waals surface area contributed by atoms with Crippen LogP contribution in [0.25, 0.3) is 0 Å². The molecule has 0 atom stereocenters. The highest BCUT2D eigenvalue weighted by atomic mass is 32.2. The van der Waals surface area contributed by atoms with Gasteiger partial charge in [-0.2, -0.15) is 5.26 Å². The van der Waals surface area contributed by atoms with Crippen molar-refractivity contribution in [2.75, 3.05) is 11.9 Å². The molecule has 0 radical (unpaired) electrons. The van der Waals surface area contributed by atoms with E-state index in [9.17, 15) is 19.7 Å². The largest absolute Gasteiger partial charge is 0.462 e. The molecule has 0 fully saturated rings. The number of aromatic nitrogens is 2. The number of hydrogen-bond donors (Lipinski definition) is 1. The summed E-state index contributed by atoms with van der Waals surface area (Å²) in [5.74, 6) is -0.830. The van der Waals surface area contributed by atoms with E-state index >= 15 is 0 Å². The summed E-state index contributed by atoms with van der Waals surface area (Å²) in [4.78, 5) is 35.0. The van der Waals surface area contributed by atoms with Crippen LogP contribution in [0.3, 0.4) is 0 Å². The van der Waals surface area contributed by atoms with Gasteiger partial charge in [0.05, 0.1) is 28.7 Å². The monoisotopic (exact) mass is 469 g/mol. The fourth-order valence-corrected chi connectivity index (χ4v) is 4.19. The Kier molecular flexibility index (Phi) is 7.48. The molecule has 2 aromatic carbocycles. The minimum atomic E-state index is -0.761. The van der Waals surface area contributed by atoms with Gasteiger partial charge in [0.25, 0.3) is 11.6 Å². The van der Waals surface area contributed by atoms with Gasteiger partial charge < -0.3 is 4.74 Å². The van der Waals surface area contributed by atoms with Gasteiger partial charge in [-0.1, -0.05) is 35.2 Å². The summed E-state index contributed by atoms with van der Waals surface area (Å²) in [5, 5.41) is 30.7. The number of non-ortho nitro benzene ring substituents is 1. The average molecular weight is 470 g/mol. The summed E-state index contributed by atoms with van der Waals surface area (Å²) >= 11 is 2.55. The van der Waals surface area contributed by atoms with Crippen LogP contribution in [0.2, 0.25) is 0 Å². The second-order valence-electron chi connectivity index (χ2n) is 6.17. The van der Waals surface area contributed by atoms with E-state index < -0.39 is 22.5 Å². The van der Waals surface area contributed by atoms with Crippen LogP contribution in [-0.4, -0.2) is 33.6 Å². The Labute approximate surface area is 190 Å². The Balaban J connectivity index is 1.69. The molecule has 0 aliphatic carbocycles. The first kappa shape index (κ1) is 22.9. The topological polar surface area (TPSA) is 148 Å². The first-order chi connectivity index (χ1) is 15.4. The fourth-order valence-electron chi connectivity index (χ4n) is 2.49. The van der Waals surface area contributed by atoms with Gasteiger partial charge in [-0.3, -0.25) is 20.2 Å². The van der Waals surface area contributed by atoms with Crippen LogP contribution >= 0.6 is 23.1 Å². The van der Waals surface area contributed by atoms with E-state index in [4.69, 9.17) is 10.00 Å². The Morgan fingerprint density at radius 1 is 1.22 bits per heavy atom. The van der Waals surface area contributed by atoms with E-state index in [2.05, 4.69) is 21.6 Å². The minimum absolute atomic E-state index is 0.0794. The van der Waals surface area contributed by atoms with Crippen molar-refractivity contribution in [3.63, 3.8) is 0 Å². The first-order valence-electron chi connectivity index (χ1n) is 9.13. The van der Waals surface area contributed by atoms with Gasteiger partial charge in [-0.05, 0) is 30.7 Å². The number of carbonyl (C=O) groups excluding carboxylic acids is 2. The maximum atomic E-state index is 12.6. The number of amides is 1. The molecule has 1 N–H and O–H groups in total. The summed E-state index contributed by atoms with van der Waals surface area (Å²) in [7, 11) is 0. The number of nitrogens with zero attached hydrogens (tertiary/aromatic N) is 4. The third-order valence-electron chi connectivity index (χ3n) is 3.97. The molecule has 0 bridgehead atoms. The number of carbonyl (C=O) groups is 2. The SMILES string of the molecule is CCOC(=O)c1cc(C(=O)Nc2nnc(SCc3ccc(C#N)cc3)s2)cc([N+](=O)[O-])c1. The molecule has 10 nitrogen and oxygen atoms in total. The number of benzene rings is 2. The number of ether oxygens (including phenoxy) is 1. The standard InChI is InChI=1S/C20H15N5O5S2/c1-2-30-18(27)15-7-14(8-16(9-15)25(28)29)17(26)22-19-23-24-20(32-19)31-11-13-5-3-12(10-21)4-6-13/h3-9H,2,11H2,1H3,(H,22,23,26). The molecule has 0 unspecified atom stereocenters. The molecule has 0 aliphatic heterocycles. The molecule has 162 valence electrons. The number of nitriles is 1. The van der Waals surface area contributed by atoms with E-state index in [1.807, 2.05) is 12.1 Å². The summed E-state index contributed by atoms with van der Waals surface area (Å²) < 4.78 is 5.47. The quantitative estimate of drug-likeness (QED) is 0.170. The van der Waals surface area contributed by atoms with Crippen LogP contribution < -0.4 is 5.32 Å². The lowest BCUT2D eigenvalue weighted by atomic mass is 10.1. The second kappa shape index (κ2) is 10.5. The molecule has 0 spiro atoms. The highest BCUT2D eigenvalue weighted by Gasteiger charge is 2.19. The van der Waals surface area contributed by atoms with Crippen molar-refractivity contribution in [1.29, 1.82) is 5.26 Å². The summed E-state index contributed by atoms with van der Waals surface area (Å²) in [6.45, 7) is 1.70. The molecule has 0 saturated carbocycles. The van der Waals surface area contributed by atoms with E-state index in [1.165, 1.54) is 17.8 Å². The normalized spacial score (nSPS) is 10.2. The number of nitro groups is 1. The predicted octanol–water partition coefficient (Wildman–Crippen LogP) is 4.04. The molecule has 3 rings (SSSR count). The number of thioether (sulfide) groups is 1. The Morgan fingerprint density at radius 3 is 2.59 bits per heavy atom. The van der Waals surface area contributed by atoms with Gasteiger partial charge >= 0.3 is 5.97 Å². The second-order valence-corrected chi connectivity index (χ2v) is 8.37. The van der Waals surface area contributed by atoms with Gasteiger partial charge in [-0.25, -0.2) is 4.79 Å². The number of hydrogen-bond acceptors (Lipinski definition) is 10. The third-order valence-corrected chi connectivity index (χ3v) is 6.02. The van der Waals surface area contributed by atoms with E-state index in [0.717, 1.165) is 29.0 Å². The molecule has 0 saturated heterocycles. The lowest BCUT2D eigenvalue weighted by Gasteiger charge is -2.05. The zero-order chi connectivity index (χ0) is 23.1. The van der Waals surface area contributed by atoms with E-state index in [0.29, 0.717) is 15.7 Å². The van der Waals surface area contributed by atoms with Crippen molar-refractivity contribution < 1.29 is 19.2 Å². The van der Waals surface area contributed by atoms with Crippen LogP contribution in [-0.2, 0) is 10.5 Å². The highest BCUT2D eigenvalue weighted by Crippen LogP contribution is 2.29. The summed E-state index contributed by atoms with van der Waals surface area (Å²) in [6, 6.07) is 12.6. The molecule has 3 aromatic rings. The average Bonchev–Trinajstić information content (AvgIpc) is 3.25. The number of nitro benzene ring substituents is 1. The van der Waals surface area contributed by atoms with E-state index in [-0.39, 0.29) is 22.9 Å². The van der Waals surface area contributed by atoms with Gasteiger partial charge in [0.15, 0.2) is 4.34 Å². The molecular formula is C20H15N5O5S2. The highest BCUT2D eigenvalue weighted by molar-refractivity contribution is 8.00.